The van der Waals surface area contributed by atoms with Crippen LogP contribution in [0.4, 0.5) is 4.79 Å². The maximum atomic E-state index is 10.2. The van der Waals surface area contributed by atoms with Crippen LogP contribution in [0.5, 0.6) is 0 Å². The Morgan fingerprint density at radius 3 is 3.38 bits per heavy atom. The Labute approximate surface area is 46.9 Å². The zero-order valence-corrected chi connectivity index (χ0v) is 4.29. The minimum Gasteiger partial charge on any atom is -0.434 e. The minimum atomic E-state index is -0.612. The molecule has 8 heavy (non-hydrogen) atoms. The molecule has 0 aromatic heterocycles. The van der Waals surface area contributed by atoms with Gasteiger partial charge in [0.05, 0.1) is 12.9 Å². The molecule has 1 aliphatic rings. The van der Waals surface area contributed by atoms with Crippen LogP contribution in [0.25, 0.3) is 0 Å². The second kappa shape index (κ2) is 2.35. The molecule has 0 spiro atoms. The number of carbonyl (C=O) groups excluding carboxylic acids is 1. The van der Waals surface area contributed by atoms with E-state index in [1.807, 2.05) is 0 Å². The minimum absolute atomic E-state index is 0.426. The average molecular weight is 114 g/mol. The number of hydrogen-bond donors (Lipinski definition) is 0. The number of cyclic esters (lactones) is 2. The molecule has 0 amide bonds. The first-order valence-corrected chi connectivity index (χ1v) is 2.38. The van der Waals surface area contributed by atoms with Crippen molar-refractivity contribution in [1.29, 1.82) is 0 Å². The summed E-state index contributed by atoms with van der Waals surface area (Å²) in [6.07, 6.45) is 3.21. The predicted octanol–water partition coefficient (Wildman–Crippen LogP) is 1.06. The Morgan fingerprint density at radius 2 is 2.50 bits per heavy atom. The number of carbonyl (C=O) groups is 1. The Bertz CT molecular complexity index is 117. The van der Waals surface area contributed by atoms with Crippen molar-refractivity contribution in [2.24, 2.45) is 0 Å². The number of ether oxygens (including phenoxy) is 2. The summed E-state index contributed by atoms with van der Waals surface area (Å²) in [4.78, 5) is 10.2. The van der Waals surface area contributed by atoms with E-state index in [1.165, 1.54) is 6.26 Å². The Hall–Kier alpha value is -0.990. The molecule has 0 atom stereocenters. The van der Waals surface area contributed by atoms with Gasteiger partial charge in [0.15, 0.2) is 0 Å². The van der Waals surface area contributed by atoms with E-state index in [9.17, 15) is 4.79 Å². The van der Waals surface area contributed by atoms with Crippen molar-refractivity contribution in [3.63, 3.8) is 0 Å². The normalized spacial score (nSPS) is 18.8. The molecule has 1 heterocycles. The van der Waals surface area contributed by atoms with Crippen LogP contribution in [0.2, 0.25) is 0 Å². The third-order valence-corrected chi connectivity index (χ3v) is 0.765. The monoisotopic (exact) mass is 114 g/mol. The molecule has 0 bridgehead atoms. The van der Waals surface area contributed by atoms with Crippen molar-refractivity contribution in [3.05, 3.63) is 12.3 Å². The SMILES string of the molecule is O=C1OC=CCCO1. The summed E-state index contributed by atoms with van der Waals surface area (Å²) in [5.74, 6) is 0. The summed E-state index contributed by atoms with van der Waals surface area (Å²) >= 11 is 0. The Balaban J connectivity index is 2.41. The van der Waals surface area contributed by atoms with E-state index in [0.29, 0.717) is 6.61 Å². The zero-order valence-electron chi connectivity index (χ0n) is 4.29. The van der Waals surface area contributed by atoms with Crippen LogP contribution < -0.4 is 0 Å². The summed E-state index contributed by atoms with van der Waals surface area (Å²) in [5.41, 5.74) is 0. The molecule has 1 aliphatic heterocycles. The molecule has 0 aromatic carbocycles. The van der Waals surface area contributed by atoms with Gasteiger partial charge < -0.3 is 9.47 Å². The number of hydrogen-bond acceptors (Lipinski definition) is 3. The quantitative estimate of drug-likeness (QED) is 0.441. The molecule has 0 aromatic rings. The molecule has 0 saturated heterocycles. The molecular formula is C5H6O3. The molecule has 3 heteroatoms. The van der Waals surface area contributed by atoms with Crippen LogP contribution in [0.3, 0.4) is 0 Å². The highest BCUT2D eigenvalue weighted by molar-refractivity contribution is 5.60. The Kier molecular flexibility index (Phi) is 1.51. The molecule has 1 rings (SSSR count). The third kappa shape index (κ3) is 1.26. The molecule has 0 N–H and O–H groups in total. The van der Waals surface area contributed by atoms with Crippen molar-refractivity contribution >= 4 is 6.16 Å². The fourth-order valence-corrected chi connectivity index (χ4v) is 0.416. The van der Waals surface area contributed by atoms with E-state index in [0.717, 1.165) is 6.42 Å². The van der Waals surface area contributed by atoms with Crippen LogP contribution >= 0.6 is 0 Å². The first kappa shape index (κ1) is 5.15. The van der Waals surface area contributed by atoms with E-state index in [2.05, 4.69) is 9.47 Å². The molecule has 0 fully saturated rings. The standard InChI is InChI=1S/C5H6O3/c6-5-7-3-1-2-4-8-5/h1,3H,2,4H2. The second-order valence-electron chi connectivity index (χ2n) is 1.38. The maximum absolute atomic E-state index is 10.2. The van der Waals surface area contributed by atoms with Crippen LogP contribution in [0, 0.1) is 0 Å². The maximum Gasteiger partial charge on any atom is 0.513 e. The second-order valence-corrected chi connectivity index (χ2v) is 1.38. The van der Waals surface area contributed by atoms with Crippen molar-refractivity contribution in [1.82, 2.24) is 0 Å². The first-order chi connectivity index (χ1) is 3.89. The summed E-state index contributed by atoms with van der Waals surface area (Å²) in [7, 11) is 0. The highest BCUT2D eigenvalue weighted by atomic mass is 16.7. The van der Waals surface area contributed by atoms with Crippen LogP contribution in [-0.4, -0.2) is 12.8 Å². The molecule has 0 saturated carbocycles. The smallest absolute Gasteiger partial charge is 0.434 e. The van der Waals surface area contributed by atoms with Gasteiger partial charge in [-0.05, 0) is 6.08 Å². The topological polar surface area (TPSA) is 35.5 Å². The fourth-order valence-electron chi connectivity index (χ4n) is 0.416. The molecule has 3 nitrogen and oxygen atoms in total. The summed E-state index contributed by atoms with van der Waals surface area (Å²) < 4.78 is 8.84. The Morgan fingerprint density at radius 1 is 1.62 bits per heavy atom. The zero-order chi connectivity index (χ0) is 5.82. The van der Waals surface area contributed by atoms with Gasteiger partial charge in [-0.25, -0.2) is 4.79 Å². The van der Waals surface area contributed by atoms with Crippen LogP contribution in [0.1, 0.15) is 6.42 Å². The fraction of sp³-hybridized carbons (Fsp3) is 0.400. The van der Waals surface area contributed by atoms with Crippen molar-refractivity contribution in [3.8, 4) is 0 Å². The van der Waals surface area contributed by atoms with Gasteiger partial charge in [0, 0.05) is 6.42 Å². The molecule has 0 aliphatic carbocycles. The molecule has 44 valence electrons. The van der Waals surface area contributed by atoms with E-state index >= 15 is 0 Å². The van der Waals surface area contributed by atoms with E-state index in [4.69, 9.17) is 0 Å². The lowest BCUT2D eigenvalue weighted by Crippen LogP contribution is -2.00. The van der Waals surface area contributed by atoms with Gasteiger partial charge in [0.1, 0.15) is 0 Å². The van der Waals surface area contributed by atoms with Gasteiger partial charge in [0.25, 0.3) is 0 Å². The summed E-state index contributed by atoms with van der Waals surface area (Å²) in [5, 5.41) is 0. The third-order valence-electron chi connectivity index (χ3n) is 0.765. The highest BCUT2D eigenvalue weighted by Gasteiger charge is 2.01. The van der Waals surface area contributed by atoms with Crippen LogP contribution in [-0.2, 0) is 9.47 Å². The predicted molar refractivity (Wildman–Crippen MR) is 26.2 cm³/mol. The lowest BCUT2D eigenvalue weighted by molar-refractivity contribution is 0.0916. The lowest BCUT2D eigenvalue weighted by Gasteiger charge is -1.93. The number of rotatable bonds is 0. The van der Waals surface area contributed by atoms with Crippen molar-refractivity contribution < 1.29 is 14.3 Å². The van der Waals surface area contributed by atoms with Crippen molar-refractivity contribution in [2.75, 3.05) is 6.61 Å². The summed E-state index contributed by atoms with van der Waals surface area (Å²) in [6, 6.07) is 0. The van der Waals surface area contributed by atoms with Gasteiger partial charge in [-0.3, -0.25) is 0 Å². The van der Waals surface area contributed by atoms with E-state index < -0.39 is 6.16 Å². The van der Waals surface area contributed by atoms with Gasteiger partial charge in [-0.15, -0.1) is 0 Å². The van der Waals surface area contributed by atoms with Crippen LogP contribution in [0.15, 0.2) is 12.3 Å². The van der Waals surface area contributed by atoms with Gasteiger partial charge >= 0.3 is 6.16 Å². The first-order valence-electron chi connectivity index (χ1n) is 2.38. The highest BCUT2D eigenvalue weighted by Crippen LogP contribution is 1.95. The molecule has 0 radical (unpaired) electrons. The van der Waals surface area contributed by atoms with Gasteiger partial charge in [-0.1, -0.05) is 0 Å². The molecule has 0 unspecified atom stereocenters. The average Bonchev–Trinajstić information content (AvgIpc) is 1.94. The van der Waals surface area contributed by atoms with Gasteiger partial charge in [0.2, 0.25) is 0 Å². The van der Waals surface area contributed by atoms with E-state index in [1.54, 1.807) is 6.08 Å². The molecular weight excluding hydrogens is 108 g/mol. The lowest BCUT2D eigenvalue weighted by atomic mass is 10.5. The van der Waals surface area contributed by atoms with Gasteiger partial charge in [-0.2, -0.15) is 0 Å². The largest absolute Gasteiger partial charge is 0.513 e. The van der Waals surface area contributed by atoms with E-state index in [-0.39, 0.29) is 0 Å². The summed E-state index contributed by atoms with van der Waals surface area (Å²) in [6.45, 7) is 0.426. The van der Waals surface area contributed by atoms with Crippen molar-refractivity contribution in [2.45, 2.75) is 6.42 Å².